The number of carbonyl (C=O) groups is 1. The molecule has 0 atom stereocenters. The summed E-state index contributed by atoms with van der Waals surface area (Å²) in [6.07, 6.45) is 5.63. The van der Waals surface area contributed by atoms with Gasteiger partial charge in [-0.1, -0.05) is 18.2 Å². The Morgan fingerprint density at radius 3 is 2.73 bits per heavy atom. The normalized spacial score (nSPS) is 16.2. The van der Waals surface area contributed by atoms with Crippen LogP contribution >= 0.6 is 0 Å². The molecule has 0 radical (unpaired) electrons. The first kappa shape index (κ1) is 18.9. The van der Waals surface area contributed by atoms with Gasteiger partial charge in [-0.3, -0.25) is 4.79 Å². The van der Waals surface area contributed by atoms with E-state index in [4.69, 9.17) is 0 Å². The highest BCUT2D eigenvalue weighted by Crippen LogP contribution is 2.19. The van der Waals surface area contributed by atoms with Gasteiger partial charge in [0.25, 0.3) is 0 Å². The van der Waals surface area contributed by atoms with Crippen LogP contribution in [-0.4, -0.2) is 79.0 Å². The second kappa shape index (κ2) is 9.19. The third-order valence-electron chi connectivity index (χ3n) is 5.50. The lowest BCUT2D eigenvalue weighted by atomic mass is 10.1. The third-order valence-corrected chi connectivity index (χ3v) is 5.50. The Labute approximate surface area is 157 Å². The molecule has 1 saturated heterocycles. The second-order valence-electron chi connectivity index (χ2n) is 7.53. The SMILES string of the molecule is CN1CCN(CCCN(C)C(=O)CCCc2c[nH]c3ccccc23)CC1. The molecule has 1 fully saturated rings. The van der Waals surface area contributed by atoms with Gasteiger partial charge in [-0.05, 0) is 44.5 Å². The molecule has 5 heteroatoms. The number of aromatic nitrogens is 1. The molecule has 1 aromatic carbocycles. The molecule has 0 spiro atoms. The number of aromatic amines is 1. The maximum Gasteiger partial charge on any atom is 0.222 e. The molecule has 2 aromatic rings. The number of amides is 1. The van der Waals surface area contributed by atoms with Crippen molar-refractivity contribution in [1.29, 1.82) is 0 Å². The largest absolute Gasteiger partial charge is 0.361 e. The molecule has 1 aromatic heterocycles. The van der Waals surface area contributed by atoms with Crippen LogP contribution in [0.3, 0.4) is 0 Å². The van der Waals surface area contributed by atoms with E-state index in [0.717, 1.165) is 58.5 Å². The monoisotopic (exact) mass is 356 g/mol. The molecule has 26 heavy (non-hydrogen) atoms. The van der Waals surface area contributed by atoms with Crippen molar-refractivity contribution in [3.05, 3.63) is 36.0 Å². The molecule has 0 unspecified atom stereocenters. The smallest absolute Gasteiger partial charge is 0.222 e. The number of rotatable bonds is 8. The minimum atomic E-state index is 0.267. The summed E-state index contributed by atoms with van der Waals surface area (Å²) in [5.41, 5.74) is 2.49. The van der Waals surface area contributed by atoms with Crippen molar-refractivity contribution < 1.29 is 4.79 Å². The summed E-state index contributed by atoms with van der Waals surface area (Å²) >= 11 is 0. The average Bonchev–Trinajstić information content (AvgIpc) is 3.06. The zero-order valence-corrected chi connectivity index (χ0v) is 16.2. The lowest BCUT2D eigenvalue weighted by Gasteiger charge is -2.32. The molecule has 2 heterocycles. The maximum atomic E-state index is 12.4. The van der Waals surface area contributed by atoms with Crippen LogP contribution in [-0.2, 0) is 11.2 Å². The Morgan fingerprint density at radius 1 is 1.15 bits per heavy atom. The van der Waals surface area contributed by atoms with Crippen molar-refractivity contribution in [3.63, 3.8) is 0 Å². The molecule has 1 aliphatic heterocycles. The number of para-hydroxylation sites is 1. The highest BCUT2D eigenvalue weighted by molar-refractivity contribution is 5.83. The van der Waals surface area contributed by atoms with Crippen LogP contribution in [0.2, 0.25) is 0 Å². The summed E-state index contributed by atoms with van der Waals surface area (Å²) < 4.78 is 0. The standard InChI is InChI=1S/C21H32N4O/c1-23-13-15-25(16-14-23)12-6-11-24(2)21(26)10-5-7-18-17-22-20-9-4-3-8-19(18)20/h3-4,8-9,17,22H,5-7,10-16H2,1-2H3. The van der Waals surface area contributed by atoms with Crippen LogP contribution in [0.1, 0.15) is 24.8 Å². The molecule has 1 aliphatic rings. The van der Waals surface area contributed by atoms with Crippen LogP contribution in [0.4, 0.5) is 0 Å². The van der Waals surface area contributed by atoms with Crippen molar-refractivity contribution >= 4 is 16.8 Å². The molecule has 1 N–H and O–H groups in total. The number of likely N-dealkylation sites (N-methyl/N-ethyl adjacent to an activating group) is 1. The molecule has 5 nitrogen and oxygen atoms in total. The fourth-order valence-electron chi connectivity index (χ4n) is 3.69. The highest BCUT2D eigenvalue weighted by Gasteiger charge is 2.14. The predicted octanol–water partition coefficient (Wildman–Crippen LogP) is 2.59. The molecule has 3 rings (SSSR count). The maximum absolute atomic E-state index is 12.4. The number of carbonyl (C=O) groups excluding carboxylic acids is 1. The molecular formula is C21H32N4O. The minimum Gasteiger partial charge on any atom is -0.361 e. The lowest BCUT2D eigenvalue weighted by molar-refractivity contribution is -0.130. The number of hydrogen-bond donors (Lipinski definition) is 1. The van der Waals surface area contributed by atoms with Gasteiger partial charge in [-0.15, -0.1) is 0 Å². The van der Waals surface area contributed by atoms with Crippen LogP contribution in [0.5, 0.6) is 0 Å². The number of aryl methyl sites for hydroxylation is 1. The average molecular weight is 357 g/mol. The second-order valence-corrected chi connectivity index (χ2v) is 7.53. The zero-order chi connectivity index (χ0) is 18.4. The fraction of sp³-hybridized carbons (Fsp3) is 0.571. The van der Waals surface area contributed by atoms with Gasteiger partial charge in [0.1, 0.15) is 0 Å². The van der Waals surface area contributed by atoms with Crippen molar-refractivity contribution in [3.8, 4) is 0 Å². The van der Waals surface area contributed by atoms with Gasteiger partial charge in [0.2, 0.25) is 5.91 Å². The number of fused-ring (bicyclic) bond motifs is 1. The Balaban J connectivity index is 1.34. The van der Waals surface area contributed by atoms with Crippen molar-refractivity contribution in [2.75, 3.05) is 53.4 Å². The number of benzene rings is 1. The number of nitrogens with one attached hydrogen (secondary N) is 1. The molecule has 1 amide bonds. The summed E-state index contributed by atoms with van der Waals surface area (Å²) in [7, 11) is 4.12. The van der Waals surface area contributed by atoms with Gasteiger partial charge < -0.3 is 19.7 Å². The number of H-pyrrole nitrogens is 1. The summed E-state index contributed by atoms with van der Waals surface area (Å²) in [6.45, 7) is 6.57. The van der Waals surface area contributed by atoms with Crippen molar-refractivity contribution in [2.24, 2.45) is 0 Å². The van der Waals surface area contributed by atoms with Crippen LogP contribution < -0.4 is 0 Å². The first-order valence-corrected chi connectivity index (χ1v) is 9.83. The molecule has 0 aliphatic carbocycles. The number of piperazine rings is 1. The van der Waals surface area contributed by atoms with E-state index in [-0.39, 0.29) is 5.91 Å². The van der Waals surface area contributed by atoms with Gasteiger partial charge >= 0.3 is 0 Å². The summed E-state index contributed by atoms with van der Waals surface area (Å²) in [4.78, 5) is 22.5. The van der Waals surface area contributed by atoms with Crippen molar-refractivity contribution in [2.45, 2.75) is 25.7 Å². The minimum absolute atomic E-state index is 0.267. The van der Waals surface area contributed by atoms with E-state index < -0.39 is 0 Å². The van der Waals surface area contributed by atoms with Crippen LogP contribution in [0.25, 0.3) is 10.9 Å². The number of nitrogens with zero attached hydrogens (tertiary/aromatic N) is 3. The van der Waals surface area contributed by atoms with E-state index in [1.807, 2.05) is 18.0 Å². The van der Waals surface area contributed by atoms with E-state index in [9.17, 15) is 4.79 Å². The Bertz CT molecular complexity index is 703. The molecule has 0 saturated carbocycles. The van der Waals surface area contributed by atoms with Crippen LogP contribution in [0, 0.1) is 0 Å². The summed E-state index contributed by atoms with van der Waals surface area (Å²) in [5.74, 6) is 0.267. The van der Waals surface area contributed by atoms with Gasteiger partial charge in [0.05, 0.1) is 0 Å². The third kappa shape index (κ3) is 5.08. The topological polar surface area (TPSA) is 42.6 Å². The van der Waals surface area contributed by atoms with E-state index >= 15 is 0 Å². The Hall–Kier alpha value is -1.85. The summed E-state index contributed by atoms with van der Waals surface area (Å²) in [5, 5.41) is 1.28. The summed E-state index contributed by atoms with van der Waals surface area (Å²) in [6, 6.07) is 8.35. The number of hydrogen-bond acceptors (Lipinski definition) is 3. The van der Waals surface area contributed by atoms with Gasteiger partial charge in [-0.2, -0.15) is 0 Å². The quantitative estimate of drug-likeness (QED) is 0.791. The zero-order valence-electron chi connectivity index (χ0n) is 16.2. The van der Waals surface area contributed by atoms with E-state index in [1.54, 1.807) is 0 Å². The molecular weight excluding hydrogens is 324 g/mol. The van der Waals surface area contributed by atoms with E-state index in [0.29, 0.717) is 6.42 Å². The lowest BCUT2D eigenvalue weighted by Crippen LogP contribution is -2.45. The molecule has 0 bridgehead atoms. The molecule has 142 valence electrons. The predicted molar refractivity (Wildman–Crippen MR) is 107 cm³/mol. The van der Waals surface area contributed by atoms with Gasteiger partial charge in [0.15, 0.2) is 0 Å². The van der Waals surface area contributed by atoms with Crippen LogP contribution in [0.15, 0.2) is 30.5 Å². The first-order chi connectivity index (χ1) is 12.6. The Kier molecular flexibility index (Phi) is 6.69. The van der Waals surface area contributed by atoms with Gasteiger partial charge in [0, 0.05) is 63.3 Å². The van der Waals surface area contributed by atoms with E-state index in [1.165, 1.54) is 16.5 Å². The first-order valence-electron chi connectivity index (χ1n) is 9.83. The Morgan fingerprint density at radius 2 is 1.92 bits per heavy atom. The van der Waals surface area contributed by atoms with Gasteiger partial charge in [-0.25, -0.2) is 0 Å². The fourth-order valence-corrected chi connectivity index (χ4v) is 3.69. The highest BCUT2D eigenvalue weighted by atomic mass is 16.2. The van der Waals surface area contributed by atoms with E-state index in [2.05, 4.69) is 46.2 Å². The van der Waals surface area contributed by atoms with Crippen molar-refractivity contribution in [1.82, 2.24) is 19.7 Å².